The van der Waals surface area contributed by atoms with Gasteiger partial charge in [-0.1, -0.05) is 44.7 Å². The standard InChI is InChI=1S/C15H20Br2N2.2ClH/c16-12-3-4-14(17)13(10-12)15(9-11-1-2-11)19-7-5-18-6-8-19;;/h3-4,10-11,15,18H,1-2,5-9H2;2*1H/t15-;;/m0../s1. The van der Waals surface area contributed by atoms with E-state index in [1.54, 1.807) is 0 Å². The van der Waals surface area contributed by atoms with Crippen LogP contribution < -0.4 is 5.32 Å². The van der Waals surface area contributed by atoms with Gasteiger partial charge >= 0.3 is 0 Å². The highest BCUT2D eigenvalue weighted by molar-refractivity contribution is 9.11. The highest BCUT2D eigenvalue weighted by atomic mass is 79.9. The molecule has 0 spiro atoms. The molecule has 6 heteroatoms. The first-order valence-corrected chi connectivity index (χ1v) is 8.72. The molecular formula is C15H22Br2Cl2N2. The van der Waals surface area contributed by atoms with E-state index in [0.717, 1.165) is 32.1 Å². The summed E-state index contributed by atoms with van der Waals surface area (Å²) in [7, 11) is 0. The maximum Gasteiger partial charge on any atom is 0.0363 e. The molecule has 2 nitrogen and oxygen atoms in total. The summed E-state index contributed by atoms with van der Waals surface area (Å²) in [5.41, 5.74) is 1.45. The smallest absolute Gasteiger partial charge is 0.0363 e. The van der Waals surface area contributed by atoms with E-state index in [0.29, 0.717) is 6.04 Å². The van der Waals surface area contributed by atoms with Crippen LogP contribution in [0.4, 0.5) is 0 Å². The van der Waals surface area contributed by atoms with Crippen LogP contribution in [0.2, 0.25) is 0 Å². The fraction of sp³-hybridized carbons (Fsp3) is 0.600. The van der Waals surface area contributed by atoms with E-state index in [1.165, 1.54) is 33.8 Å². The van der Waals surface area contributed by atoms with Crippen molar-refractivity contribution in [3.8, 4) is 0 Å². The average molecular weight is 461 g/mol. The van der Waals surface area contributed by atoms with E-state index in [4.69, 9.17) is 0 Å². The van der Waals surface area contributed by atoms with Gasteiger partial charge in [-0.3, -0.25) is 4.90 Å². The van der Waals surface area contributed by atoms with Gasteiger partial charge in [0.25, 0.3) is 0 Å². The van der Waals surface area contributed by atoms with Gasteiger partial charge in [0.1, 0.15) is 0 Å². The van der Waals surface area contributed by atoms with Crippen LogP contribution in [0.15, 0.2) is 27.1 Å². The van der Waals surface area contributed by atoms with Gasteiger partial charge in [-0.25, -0.2) is 0 Å². The minimum Gasteiger partial charge on any atom is -0.314 e. The van der Waals surface area contributed by atoms with E-state index >= 15 is 0 Å². The third kappa shape index (κ3) is 5.36. The Labute approximate surface area is 156 Å². The van der Waals surface area contributed by atoms with E-state index in [9.17, 15) is 0 Å². The van der Waals surface area contributed by atoms with Crippen molar-refractivity contribution in [2.24, 2.45) is 5.92 Å². The number of hydrogen-bond acceptors (Lipinski definition) is 2. The third-order valence-corrected chi connectivity index (χ3v) is 5.38. The van der Waals surface area contributed by atoms with Gasteiger partial charge in [0, 0.05) is 41.2 Å². The zero-order valence-electron chi connectivity index (χ0n) is 11.9. The van der Waals surface area contributed by atoms with Crippen molar-refractivity contribution < 1.29 is 0 Å². The summed E-state index contributed by atoms with van der Waals surface area (Å²) in [6.45, 7) is 4.56. The zero-order valence-corrected chi connectivity index (χ0v) is 16.7. The van der Waals surface area contributed by atoms with Crippen molar-refractivity contribution in [2.75, 3.05) is 26.2 Å². The topological polar surface area (TPSA) is 15.3 Å². The van der Waals surface area contributed by atoms with Crippen LogP contribution in [0.1, 0.15) is 30.9 Å². The van der Waals surface area contributed by atoms with Crippen LogP contribution in [0, 0.1) is 5.92 Å². The van der Waals surface area contributed by atoms with Crippen LogP contribution in [0.25, 0.3) is 0 Å². The molecule has 1 aromatic carbocycles. The summed E-state index contributed by atoms with van der Waals surface area (Å²) in [6, 6.07) is 7.14. The molecule has 0 bridgehead atoms. The lowest BCUT2D eigenvalue weighted by Gasteiger charge is -2.36. The first kappa shape index (κ1) is 19.7. The van der Waals surface area contributed by atoms with Gasteiger partial charge in [0.15, 0.2) is 0 Å². The Morgan fingerprint density at radius 2 is 1.81 bits per heavy atom. The van der Waals surface area contributed by atoms with Gasteiger partial charge in [0.05, 0.1) is 0 Å². The van der Waals surface area contributed by atoms with Crippen LogP contribution in [-0.4, -0.2) is 31.1 Å². The molecule has 2 aliphatic rings. The van der Waals surface area contributed by atoms with Gasteiger partial charge in [-0.05, 0) is 36.1 Å². The minimum absolute atomic E-state index is 0. The van der Waals surface area contributed by atoms with Crippen molar-refractivity contribution in [3.63, 3.8) is 0 Å². The Kier molecular flexibility index (Phi) is 8.54. The summed E-state index contributed by atoms with van der Waals surface area (Å²) < 4.78 is 2.43. The Morgan fingerprint density at radius 3 is 2.43 bits per heavy atom. The molecule has 0 unspecified atom stereocenters. The molecule has 120 valence electrons. The second kappa shape index (κ2) is 9.09. The number of nitrogens with zero attached hydrogens (tertiary/aromatic N) is 1. The molecule has 0 aromatic heterocycles. The summed E-state index contributed by atoms with van der Waals surface area (Å²) >= 11 is 7.36. The predicted octanol–water partition coefficient (Wildman–Crippen LogP) is 4.80. The molecule has 1 N–H and O–H groups in total. The second-order valence-corrected chi connectivity index (χ2v) is 7.42. The molecule has 1 atom stereocenters. The van der Waals surface area contributed by atoms with E-state index in [2.05, 4.69) is 60.3 Å². The monoisotopic (exact) mass is 458 g/mol. The lowest BCUT2D eigenvalue weighted by molar-refractivity contribution is 0.160. The summed E-state index contributed by atoms with van der Waals surface area (Å²) in [4.78, 5) is 2.65. The maximum atomic E-state index is 3.74. The van der Waals surface area contributed by atoms with Crippen molar-refractivity contribution in [3.05, 3.63) is 32.7 Å². The normalized spacial score (nSPS) is 20.3. The molecule has 1 saturated carbocycles. The van der Waals surface area contributed by atoms with Crippen LogP contribution >= 0.6 is 56.7 Å². The summed E-state index contributed by atoms with van der Waals surface area (Å²) in [6.07, 6.45) is 4.16. The lowest BCUT2D eigenvalue weighted by atomic mass is 9.99. The molecule has 1 heterocycles. The number of piperazine rings is 1. The van der Waals surface area contributed by atoms with Gasteiger partial charge < -0.3 is 5.32 Å². The molecule has 3 rings (SSSR count). The Morgan fingerprint density at radius 1 is 1.14 bits per heavy atom. The fourth-order valence-electron chi connectivity index (χ4n) is 2.91. The zero-order chi connectivity index (χ0) is 13.2. The highest BCUT2D eigenvalue weighted by Gasteiger charge is 2.31. The van der Waals surface area contributed by atoms with Crippen LogP contribution in [0.3, 0.4) is 0 Å². The van der Waals surface area contributed by atoms with Gasteiger partial charge in [-0.2, -0.15) is 0 Å². The molecule has 21 heavy (non-hydrogen) atoms. The number of benzene rings is 1. The first-order valence-electron chi connectivity index (χ1n) is 7.14. The highest BCUT2D eigenvalue weighted by Crippen LogP contribution is 2.42. The second-order valence-electron chi connectivity index (χ2n) is 5.65. The largest absolute Gasteiger partial charge is 0.314 e. The third-order valence-electron chi connectivity index (χ3n) is 4.16. The minimum atomic E-state index is 0. The van der Waals surface area contributed by atoms with E-state index in [-0.39, 0.29) is 24.8 Å². The average Bonchev–Trinajstić information content (AvgIpc) is 3.24. The van der Waals surface area contributed by atoms with Crippen molar-refractivity contribution in [2.45, 2.75) is 25.3 Å². The van der Waals surface area contributed by atoms with Crippen molar-refractivity contribution in [1.82, 2.24) is 10.2 Å². The summed E-state index contributed by atoms with van der Waals surface area (Å²) in [5, 5.41) is 3.45. The maximum absolute atomic E-state index is 3.74. The number of nitrogens with one attached hydrogen (secondary N) is 1. The Balaban J connectivity index is 0.00000110. The molecule has 0 radical (unpaired) electrons. The molecule has 0 amide bonds. The first-order chi connectivity index (χ1) is 9.24. The SMILES string of the molecule is Brc1ccc(Br)c([C@H](CC2CC2)N2CCNCC2)c1.Cl.Cl. The molecule has 1 aromatic rings. The summed E-state index contributed by atoms with van der Waals surface area (Å²) in [5.74, 6) is 0.950. The van der Waals surface area contributed by atoms with Gasteiger partial charge in [-0.15, -0.1) is 24.8 Å². The number of hydrogen-bond donors (Lipinski definition) is 1. The number of rotatable bonds is 4. The number of halogens is 4. The Bertz CT molecular complexity index is 449. The van der Waals surface area contributed by atoms with Crippen LogP contribution in [-0.2, 0) is 0 Å². The van der Waals surface area contributed by atoms with Crippen LogP contribution in [0.5, 0.6) is 0 Å². The van der Waals surface area contributed by atoms with E-state index in [1.807, 2.05) is 0 Å². The fourth-order valence-corrected chi connectivity index (χ4v) is 3.80. The molecule has 1 saturated heterocycles. The Hall–Kier alpha value is 0.680. The predicted molar refractivity (Wildman–Crippen MR) is 101 cm³/mol. The molecule has 2 fully saturated rings. The van der Waals surface area contributed by atoms with Crippen molar-refractivity contribution >= 4 is 56.7 Å². The quantitative estimate of drug-likeness (QED) is 0.694. The van der Waals surface area contributed by atoms with Crippen molar-refractivity contribution in [1.29, 1.82) is 0 Å². The molecule has 1 aliphatic heterocycles. The van der Waals surface area contributed by atoms with Gasteiger partial charge in [0.2, 0.25) is 0 Å². The molecular weight excluding hydrogens is 439 g/mol. The molecule has 1 aliphatic carbocycles. The van der Waals surface area contributed by atoms with E-state index < -0.39 is 0 Å². The lowest BCUT2D eigenvalue weighted by Crippen LogP contribution is -2.45.